The van der Waals surface area contributed by atoms with Gasteiger partial charge in [-0.1, -0.05) is 56.3 Å². The second kappa shape index (κ2) is 7.31. The van der Waals surface area contributed by atoms with Crippen molar-refractivity contribution in [2.75, 3.05) is 6.54 Å². The van der Waals surface area contributed by atoms with Crippen molar-refractivity contribution in [1.29, 1.82) is 0 Å². The molecule has 1 atom stereocenters. The molecule has 0 spiro atoms. The van der Waals surface area contributed by atoms with Gasteiger partial charge in [0.2, 0.25) is 0 Å². The van der Waals surface area contributed by atoms with Gasteiger partial charge in [0, 0.05) is 11.1 Å². The standard InChI is InChI=1S/C17H26ClN/c1-13-3-5-15(6-4-13)11-12-19-14(2)16-7-9-17(18)10-8-16/h7-10,13-15,19H,3-6,11-12H2,1-2H3. The highest BCUT2D eigenvalue weighted by molar-refractivity contribution is 6.30. The van der Waals surface area contributed by atoms with Crippen LogP contribution in [-0.4, -0.2) is 6.54 Å². The molecular formula is C17H26ClN. The number of rotatable bonds is 5. The van der Waals surface area contributed by atoms with Crippen molar-refractivity contribution in [1.82, 2.24) is 5.32 Å². The van der Waals surface area contributed by atoms with E-state index in [1.807, 2.05) is 12.1 Å². The lowest BCUT2D eigenvalue weighted by Gasteiger charge is -2.26. The van der Waals surface area contributed by atoms with E-state index in [4.69, 9.17) is 11.6 Å². The van der Waals surface area contributed by atoms with Crippen LogP contribution in [0.2, 0.25) is 5.02 Å². The maximum Gasteiger partial charge on any atom is 0.0406 e. The summed E-state index contributed by atoms with van der Waals surface area (Å²) in [5.41, 5.74) is 1.32. The van der Waals surface area contributed by atoms with E-state index in [9.17, 15) is 0 Å². The van der Waals surface area contributed by atoms with Crippen molar-refractivity contribution in [2.45, 2.75) is 52.0 Å². The van der Waals surface area contributed by atoms with Crippen LogP contribution in [0, 0.1) is 11.8 Å². The zero-order valence-corrected chi connectivity index (χ0v) is 12.9. The van der Waals surface area contributed by atoms with Gasteiger partial charge in [-0.25, -0.2) is 0 Å². The average Bonchev–Trinajstić information content (AvgIpc) is 2.41. The highest BCUT2D eigenvalue weighted by Gasteiger charge is 2.17. The fourth-order valence-electron chi connectivity index (χ4n) is 2.99. The van der Waals surface area contributed by atoms with Crippen LogP contribution in [0.1, 0.15) is 57.6 Å². The summed E-state index contributed by atoms with van der Waals surface area (Å²) in [7, 11) is 0. The van der Waals surface area contributed by atoms with Gasteiger partial charge in [0.05, 0.1) is 0 Å². The Hall–Kier alpha value is -0.530. The third-order valence-corrected chi connectivity index (χ3v) is 4.76. The van der Waals surface area contributed by atoms with Crippen LogP contribution < -0.4 is 5.32 Å². The van der Waals surface area contributed by atoms with E-state index in [1.165, 1.54) is 37.7 Å². The van der Waals surface area contributed by atoms with E-state index >= 15 is 0 Å². The number of halogens is 1. The van der Waals surface area contributed by atoms with Gasteiger partial charge in [0.15, 0.2) is 0 Å². The fourth-order valence-corrected chi connectivity index (χ4v) is 3.12. The molecule has 1 fully saturated rings. The van der Waals surface area contributed by atoms with Crippen LogP contribution in [0.5, 0.6) is 0 Å². The summed E-state index contributed by atoms with van der Waals surface area (Å²) < 4.78 is 0. The van der Waals surface area contributed by atoms with Crippen molar-refractivity contribution >= 4 is 11.6 Å². The topological polar surface area (TPSA) is 12.0 Å². The smallest absolute Gasteiger partial charge is 0.0406 e. The molecule has 19 heavy (non-hydrogen) atoms. The number of nitrogens with one attached hydrogen (secondary N) is 1. The molecule has 2 rings (SSSR count). The molecule has 0 radical (unpaired) electrons. The highest BCUT2D eigenvalue weighted by Crippen LogP contribution is 2.30. The van der Waals surface area contributed by atoms with Crippen molar-refractivity contribution in [3.05, 3.63) is 34.9 Å². The van der Waals surface area contributed by atoms with Crippen molar-refractivity contribution < 1.29 is 0 Å². The Morgan fingerprint density at radius 3 is 2.42 bits per heavy atom. The summed E-state index contributed by atoms with van der Waals surface area (Å²) in [6.07, 6.45) is 7.04. The van der Waals surface area contributed by atoms with Crippen molar-refractivity contribution in [2.24, 2.45) is 11.8 Å². The molecule has 0 heterocycles. The van der Waals surface area contributed by atoms with Crippen LogP contribution >= 0.6 is 11.6 Å². The molecule has 1 aromatic carbocycles. The van der Waals surface area contributed by atoms with Gasteiger partial charge in [-0.05, 0) is 49.4 Å². The number of hydrogen-bond acceptors (Lipinski definition) is 1. The third-order valence-electron chi connectivity index (χ3n) is 4.51. The van der Waals surface area contributed by atoms with Gasteiger partial charge in [-0.2, -0.15) is 0 Å². The first-order chi connectivity index (χ1) is 9.15. The minimum Gasteiger partial charge on any atom is -0.310 e. The largest absolute Gasteiger partial charge is 0.310 e. The maximum atomic E-state index is 5.91. The summed E-state index contributed by atoms with van der Waals surface area (Å²) in [6.45, 7) is 5.74. The third kappa shape index (κ3) is 4.81. The van der Waals surface area contributed by atoms with Crippen LogP contribution in [0.15, 0.2) is 24.3 Å². The normalized spacial score (nSPS) is 25.2. The molecular weight excluding hydrogens is 254 g/mol. The molecule has 1 aromatic rings. The van der Waals surface area contributed by atoms with E-state index < -0.39 is 0 Å². The summed E-state index contributed by atoms with van der Waals surface area (Å²) in [6, 6.07) is 8.58. The Morgan fingerprint density at radius 1 is 1.16 bits per heavy atom. The van der Waals surface area contributed by atoms with Gasteiger partial charge >= 0.3 is 0 Å². The van der Waals surface area contributed by atoms with Crippen molar-refractivity contribution in [3.8, 4) is 0 Å². The lowest BCUT2D eigenvalue weighted by molar-refractivity contribution is 0.273. The number of hydrogen-bond donors (Lipinski definition) is 1. The number of benzene rings is 1. The molecule has 1 saturated carbocycles. The molecule has 0 bridgehead atoms. The van der Waals surface area contributed by atoms with Crippen molar-refractivity contribution in [3.63, 3.8) is 0 Å². The lowest BCUT2D eigenvalue weighted by atomic mass is 9.81. The van der Waals surface area contributed by atoms with E-state index in [2.05, 4.69) is 31.3 Å². The Morgan fingerprint density at radius 2 is 1.79 bits per heavy atom. The first-order valence-corrected chi connectivity index (χ1v) is 8.02. The van der Waals surface area contributed by atoms with Gasteiger partial charge in [-0.3, -0.25) is 0 Å². The summed E-state index contributed by atoms with van der Waals surface area (Å²) in [4.78, 5) is 0. The molecule has 106 valence electrons. The predicted molar refractivity (Wildman–Crippen MR) is 83.6 cm³/mol. The molecule has 0 aromatic heterocycles. The molecule has 1 aliphatic carbocycles. The van der Waals surface area contributed by atoms with Gasteiger partial charge in [-0.15, -0.1) is 0 Å². The SMILES string of the molecule is CC1CCC(CCNC(C)c2ccc(Cl)cc2)CC1. The van der Waals surface area contributed by atoms with E-state index in [-0.39, 0.29) is 0 Å². The molecule has 1 nitrogen and oxygen atoms in total. The lowest BCUT2D eigenvalue weighted by Crippen LogP contribution is -2.23. The quantitative estimate of drug-likeness (QED) is 0.780. The molecule has 2 heteroatoms. The summed E-state index contributed by atoms with van der Waals surface area (Å²) >= 11 is 5.91. The van der Waals surface area contributed by atoms with E-state index in [0.717, 1.165) is 23.4 Å². The Balaban J connectivity index is 1.69. The highest BCUT2D eigenvalue weighted by atomic mass is 35.5. The molecule has 1 unspecified atom stereocenters. The summed E-state index contributed by atoms with van der Waals surface area (Å²) in [5.74, 6) is 1.90. The zero-order valence-electron chi connectivity index (χ0n) is 12.2. The molecule has 1 aliphatic rings. The molecule has 0 saturated heterocycles. The second-order valence-electron chi connectivity index (χ2n) is 6.14. The van der Waals surface area contributed by atoms with E-state index in [1.54, 1.807) is 0 Å². The minimum atomic E-state index is 0.416. The van der Waals surface area contributed by atoms with Gasteiger partial charge in [0.25, 0.3) is 0 Å². The summed E-state index contributed by atoms with van der Waals surface area (Å²) in [5, 5.41) is 4.45. The average molecular weight is 280 g/mol. The minimum absolute atomic E-state index is 0.416. The van der Waals surface area contributed by atoms with Crippen LogP contribution in [-0.2, 0) is 0 Å². The molecule has 1 N–H and O–H groups in total. The maximum absolute atomic E-state index is 5.91. The Labute approximate surface area is 122 Å². The van der Waals surface area contributed by atoms with Crippen LogP contribution in [0.4, 0.5) is 0 Å². The first kappa shape index (κ1) is 14.9. The second-order valence-corrected chi connectivity index (χ2v) is 6.58. The fraction of sp³-hybridized carbons (Fsp3) is 0.647. The van der Waals surface area contributed by atoms with Gasteiger partial charge in [0.1, 0.15) is 0 Å². The van der Waals surface area contributed by atoms with Gasteiger partial charge < -0.3 is 5.32 Å². The molecule has 0 aliphatic heterocycles. The van der Waals surface area contributed by atoms with E-state index in [0.29, 0.717) is 6.04 Å². The monoisotopic (exact) mass is 279 g/mol. The predicted octanol–water partition coefficient (Wildman–Crippen LogP) is 5.21. The van der Waals surface area contributed by atoms with Crippen LogP contribution in [0.3, 0.4) is 0 Å². The Bertz CT molecular complexity index is 365. The molecule has 0 amide bonds. The first-order valence-electron chi connectivity index (χ1n) is 7.64. The Kier molecular flexibility index (Phi) is 5.72. The van der Waals surface area contributed by atoms with Crippen LogP contribution in [0.25, 0.3) is 0 Å². The zero-order chi connectivity index (χ0) is 13.7.